The number of rotatable bonds is 8. The number of aromatic nitrogens is 2. The summed E-state index contributed by atoms with van der Waals surface area (Å²) in [5, 5.41) is 12.3. The van der Waals surface area contributed by atoms with Crippen molar-refractivity contribution in [2.45, 2.75) is 58.9 Å². The SMILES string of the molecule is CCCCCc1nnc(NC(=O)C(N)C(C)CC)s1. The molecular weight excluding hydrogens is 260 g/mol. The minimum Gasteiger partial charge on any atom is -0.320 e. The molecule has 108 valence electrons. The van der Waals surface area contributed by atoms with E-state index in [1.165, 1.54) is 24.2 Å². The van der Waals surface area contributed by atoms with Crippen molar-refractivity contribution in [1.82, 2.24) is 10.2 Å². The van der Waals surface area contributed by atoms with E-state index in [-0.39, 0.29) is 11.8 Å². The third-order valence-electron chi connectivity index (χ3n) is 3.25. The van der Waals surface area contributed by atoms with E-state index >= 15 is 0 Å². The van der Waals surface area contributed by atoms with Crippen LogP contribution in [0.1, 0.15) is 51.5 Å². The van der Waals surface area contributed by atoms with E-state index in [0.29, 0.717) is 5.13 Å². The van der Waals surface area contributed by atoms with Gasteiger partial charge in [-0.05, 0) is 12.3 Å². The maximum Gasteiger partial charge on any atom is 0.243 e. The van der Waals surface area contributed by atoms with Gasteiger partial charge in [-0.1, -0.05) is 51.4 Å². The zero-order valence-corrected chi connectivity index (χ0v) is 12.8. The summed E-state index contributed by atoms with van der Waals surface area (Å²) in [7, 11) is 0. The van der Waals surface area contributed by atoms with E-state index in [1.54, 1.807) is 0 Å². The van der Waals surface area contributed by atoms with Crippen LogP contribution in [0, 0.1) is 5.92 Å². The quantitative estimate of drug-likeness (QED) is 0.719. The van der Waals surface area contributed by atoms with Crippen LogP contribution in [-0.2, 0) is 11.2 Å². The topological polar surface area (TPSA) is 80.9 Å². The van der Waals surface area contributed by atoms with Crippen molar-refractivity contribution in [3.8, 4) is 0 Å². The lowest BCUT2D eigenvalue weighted by Gasteiger charge is -2.16. The largest absolute Gasteiger partial charge is 0.320 e. The third kappa shape index (κ3) is 5.24. The second kappa shape index (κ2) is 8.22. The molecule has 0 radical (unpaired) electrons. The molecule has 0 aliphatic rings. The number of hydrogen-bond acceptors (Lipinski definition) is 5. The Kier molecular flexibility index (Phi) is 6.94. The summed E-state index contributed by atoms with van der Waals surface area (Å²) in [5.41, 5.74) is 5.87. The monoisotopic (exact) mass is 284 g/mol. The first-order chi connectivity index (χ1) is 9.08. The van der Waals surface area contributed by atoms with E-state index < -0.39 is 6.04 Å². The number of unbranched alkanes of at least 4 members (excludes halogenated alkanes) is 2. The highest BCUT2D eigenvalue weighted by Gasteiger charge is 2.20. The van der Waals surface area contributed by atoms with Crippen LogP contribution in [0.5, 0.6) is 0 Å². The summed E-state index contributed by atoms with van der Waals surface area (Å²) in [6, 6.07) is -0.488. The second-order valence-electron chi connectivity index (χ2n) is 4.86. The van der Waals surface area contributed by atoms with Gasteiger partial charge in [0.2, 0.25) is 11.0 Å². The van der Waals surface area contributed by atoms with E-state index in [2.05, 4.69) is 22.4 Å². The van der Waals surface area contributed by atoms with Crippen molar-refractivity contribution in [3.63, 3.8) is 0 Å². The average molecular weight is 284 g/mol. The molecule has 0 bridgehead atoms. The number of aryl methyl sites for hydroxylation is 1. The summed E-state index contributed by atoms with van der Waals surface area (Å²) in [5.74, 6) is -0.0115. The molecule has 1 heterocycles. The highest BCUT2D eigenvalue weighted by atomic mass is 32.1. The third-order valence-corrected chi connectivity index (χ3v) is 4.15. The molecule has 0 saturated heterocycles. The zero-order valence-electron chi connectivity index (χ0n) is 12.0. The van der Waals surface area contributed by atoms with Gasteiger partial charge in [-0.25, -0.2) is 0 Å². The van der Waals surface area contributed by atoms with Crippen molar-refractivity contribution in [2.24, 2.45) is 11.7 Å². The summed E-state index contributed by atoms with van der Waals surface area (Å²) >= 11 is 1.44. The molecule has 0 aliphatic carbocycles. The molecule has 19 heavy (non-hydrogen) atoms. The lowest BCUT2D eigenvalue weighted by atomic mass is 10.00. The molecule has 0 saturated carbocycles. The maximum atomic E-state index is 11.9. The van der Waals surface area contributed by atoms with E-state index in [4.69, 9.17) is 5.73 Å². The van der Waals surface area contributed by atoms with E-state index in [9.17, 15) is 4.79 Å². The number of amides is 1. The molecule has 2 unspecified atom stereocenters. The predicted molar refractivity (Wildman–Crippen MR) is 79.2 cm³/mol. The smallest absolute Gasteiger partial charge is 0.243 e. The Balaban J connectivity index is 2.46. The summed E-state index contributed by atoms with van der Waals surface area (Å²) < 4.78 is 0. The van der Waals surface area contributed by atoms with Crippen molar-refractivity contribution >= 4 is 22.4 Å². The fourth-order valence-electron chi connectivity index (χ4n) is 1.63. The van der Waals surface area contributed by atoms with Gasteiger partial charge in [0.15, 0.2) is 0 Å². The summed E-state index contributed by atoms with van der Waals surface area (Å²) in [4.78, 5) is 11.9. The van der Waals surface area contributed by atoms with Crippen LogP contribution in [0.3, 0.4) is 0 Å². The van der Waals surface area contributed by atoms with Gasteiger partial charge in [0.05, 0.1) is 6.04 Å². The number of anilines is 1. The fraction of sp³-hybridized carbons (Fsp3) is 0.769. The molecule has 0 fully saturated rings. The van der Waals surface area contributed by atoms with Gasteiger partial charge in [-0.3, -0.25) is 10.1 Å². The minimum absolute atomic E-state index is 0.164. The van der Waals surface area contributed by atoms with Gasteiger partial charge in [-0.15, -0.1) is 10.2 Å². The Morgan fingerprint density at radius 3 is 2.74 bits per heavy atom. The molecule has 6 heteroatoms. The minimum atomic E-state index is -0.488. The Bertz CT molecular complexity index is 394. The second-order valence-corrected chi connectivity index (χ2v) is 5.92. The van der Waals surface area contributed by atoms with Crippen LogP contribution < -0.4 is 11.1 Å². The van der Waals surface area contributed by atoms with Gasteiger partial charge < -0.3 is 5.73 Å². The molecule has 2 atom stereocenters. The lowest BCUT2D eigenvalue weighted by molar-refractivity contribution is -0.118. The fourth-order valence-corrected chi connectivity index (χ4v) is 2.42. The predicted octanol–water partition coefficient (Wildman–Crippen LogP) is 2.58. The van der Waals surface area contributed by atoms with Crippen molar-refractivity contribution in [1.29, 1.82) is 0 Å². The standard InChI is InChI=1S/C13H24N4OS/c1-4-6-7-8-10-16-17-13(19-10)15-12(18)11(14)9(3)5-2/h9,11H,4-8,14H2,1-3H3,(H,15,17,18). The van der Waals surface area contributed by atoms with Gasteiger partial charge in [0.25, 0.3) is 0 Å². The van der Waals surface area contributed by atoms with Crippen LogP contribution in [0.15, 0.2) is 0 Å². The van der Waals surface area contributed by atoms with Crippen LogP contribution in [-0.4, -0.2) is 22.1 Å². The highest BCUT2D eigenvalue weighted by Crippen LogP contribution is 2.18. The number of carbonyl (C=O) groups is 1. The Morgan fingerprint density at radius 1 is 1.37 bits per heavy atom. The van der Waals surface area contributed by atoms with E-state index in [1.807, 2.05) is 13.8 Å². The number of nitrogens with zero attached hydrogens (tertiary/aromatic N) is 2. The van der Waals surface area contributed by atoms with Gasteiger partial charge >= 0.3 is 0 Å². The zero-order chi connectivity index (χ0) is 14.3. The van der Waals surface area contributed by atoms with Crippen LogP contribution >= 0.6 is 11.3 Å². The molecule has 1 aromatic heterocycles. The number of nitrogens with one attached hydrogen (secondary N) is 1. The Hall–Kier alpha value is -1.01. The molecule has 1 amide bonds. The maximum absolute atomic E-state index is 11.9. The average Bonchev–Trinajstić information content (AvgIpc) is 2.84. The Labute approximate surface area is 119 Å². The van der Waals surface area contributed by atoms with Gasteiger partial charge in [0.1, 0.15) is 5.01 Å². The molecule has 3 N–H and O–H groups in total. The van der Waals surface area contributed by atoms with Crippen LogP contribution in [0.25, 0.3) is 0 Å². The van der Waals surface area contributed by atoms with Crippen molar-refractivity contribution < 1.29 is 4.79 Å². The van der Waals surface area contributed by atoms with Gasteiger partial charge in [0, 0.05) is 6.42 Å². The molecule has 0 spiro atoms. The molecule has 1 aromatic rings. The number of carbonyl (C=O) groups excluding carboxylic acids is 1. The molecule has 5 nitrogen and oxygen atoms in total. The molecular formula is C13H24N4OS. The van der Waals surface area contributed by atoms with Crippen LogP contribution in [0.4, 0.5) is 5.13 Å². The van der Waals surface area contributed by atoms with Crippen molar-refractivity contribution in [2.75, 3.05) is 5.32 Å². The highest BCUT2D eigenvalue weighted by molar-refractivity contribution is 7.15. The number of hydrogen-bond donors (Lipinski definition) is 2. The summed E-state index contributed by atoms with van der Waals surface area (Å²) in [6.07, 6.45) is 5.31. The first kappa shape index (κ1) is 16.0. The summed E-state index contributed by atoms with van der Waals surface area (Å²) in [6.45, 7) is 6.16. The Morgan fingerprint density at radius 2 is 2.11 bits per heavy atom. The number of nitrogens with two attached hydrogens (primary N) is 1. The van der Waals surface area contributed by atoms with Gasteiger partial charge in [-0.2, -0.15) is 0 Å². The lowest BCUT2D eigenvalue weighted by Crippen LogP contribution is -2.40. The van der Waals surface area contributed by atoms with Crippen molar-refractivity contribution in [3.05, 3.63) is 5.01 Å². The molecule has 1 rings (SSSR count). The first-order valence-electron chi connectivity index (χ1n) is 6.97. The van der Waals surface area contributed by atoms with E-state index in [0.717, 1.165) is 24.3 Å². The first-order valence-corrected chi connectivity index (χ1v) is 7.78. The normalized spacial score (nSPS) is 14.1. The molecule has 0 aliphatic heterocycles. The van der Waals surface area contributed by atoms with Crippen LogP contribution in [0.2, 0.25) is 0 Å². The molecule has 0 aromatic carbocycles.